The van der Waals surface area contributed by atoms with Crippen LogP contribution in [0.15, 0.2) is 21.8 Å². The highest BCUT2D eigenvalue weighted by molar-refractivity contribution is 7.88. The van der Waals surface area contributed by atoms with Gasteiger partial charge in [0.05, 0.1) is 5.69 Å². The van der Waals surface area contributed by atoms with E-state index in [0.29, 0.717) is 57.3 Å². The Labute approximate surface area is 171 Å². The molecule has 2 fully saturated rings. The van der Waals surface area contributed by atoms with Gasteiger partial charge in [-0.1, -0.05) is 5.16 Å². The van der Waals surface area contributed by atoms with Crippen molar-refractivity contribution in [2.24, 2.45) is 4.99 Å². The number of nitrogens with zero attached hydrogens (tertiary/aromatic N) is 4. The van der Waals surface area contributed by atoms with Gasteiger partial charge in [-0.25, -0.2) is 8.42 Å². The molecule has 162 valence electrons. The second kappa shape index (κ2) is 10.1. The maximum absolute atomic E-state index is 12.6. The zero-order valence-corrected chi connectivity index (χ0v) is 17.7. The highest BCUT2D eigenvalue weighted by atomic mass is 32.2. The molecule has 29 heavy (non-hydrogen) atoms. The van der Waals surface area contributed by atoms with E-state index in [1.807, 2.05) is 6.92 Å². The molecule has 0 radical (unpaired) electrons. The number of sulfonamides is 1. The predicted molar refractivity (Wildman–Crippen MR) is 109 cm³/mol. The largest absolute Gasteiger partial charge is 0.364 e. The number of carbonyl (C=O) groups is 1. The SMILES string of the molecule is CCNC(=NCCCC(=O)NC1CC1)N1CCN(S(=O)(=O)Cc2ccon2)CC1. The number of nitrogens with one attached hydrogen (secondary N) is 2. The van der Waals surface area contributed by atoms with Crippen molar-refractivity contribution in [3.63, 3.8) is 0 Å². The molecule has 3 rings (SSSR count). The molecule has 1 aliphatic heterocycles. The second-order valence-corrected chi connectivity index (χ2v) is 9.28. The van der Waals surface area contributed by atoms with Crippen molar-refractivity contribution in [2.75, 3.05) is 39.3 Å². The minimum Gasteiger partial charge on any atom is -0.364 e. The molecule has 1 aromatic rings. The third-order valence-electron chi connectivity index (χ3n) is 4.85. The van der Waals surface area contributed by atoms with Crippen molar-refractivity contribution >= 4 is 21.9 Å². The van der Waals surface area contributed by atoms with Crippen molar-refractivity contribution in [3.8, 4) is 0 Å². The number of guanidine groups is 1. The third kappa shape index (κ3) is 6.70. The van der Waals surface area contributed by atoms with Gasteiger partial charge < -0.3 is 20.1 Å². The lowest BCUT2D eigenvalue weighted by molar-refractivity contribution is -0.121. The summed E-state index contributed by atoms with van der Waals surface area (Å²) in [6.45, 7) is 5.20. The van der Waals surface area contributed by atoms with Gasteiger partial charge in [-0.3, -0.25) is 9.79 Å². The number of piperazine rings is 1. The minimum absolute atomic E-state index is 0.0960. The van der Waals surface area contributed by atoms with Crippen LogP contribution in [0.5, 0.6) is 0 Å². The van der Waals surface area contributed by atoms with E-state index < -0.39 is 10.0 Å². The minimum atomic E-state index is -3.42. The summed E-state index contributed by atoms with van der Waals surface area (Å²) in [7, 11) is -3.42. The van der Waals surface area contributed by atoms with Crippen LogP contribution >= 0.6 is 0 Å². The molecular formula is C18H30N6O4S. The van der Waals surface area contributed by atoms with Gasteiger partial charge in [-0.15, -0.1) is 0 Å². The smallest absolute Gasteiger partial charge is 0.220 e. The Kier molecular flexibility index (Phi) is 7.48. The molecule has 0 spiro atoms. The van der Waals surface area contributed by atoms with Gasteiger partial charge in [0.1, 0.15) is 12.0 Å². The van der Waals surface area contributed by atoms with Crippen LogP contribution in [0.2, 0.25) is 0 Å². The van der Waals surface area contributed by atoms with E-state index in [2.05, 4.69) is 25.7 Å². The number of hydrogen-bond donors (Lipinski definition) is 2. The zero-order valence-electron chi connectivity index (χ0n) is 16.8. The zero-order chi connectivity index (χ0) is 20.7. The molecule has 1 aromatic heterocycles. The first kappa shape index (κ1) is 21.6. The summed E-state index contributed by atoms with van der Waals surface area (Å²) < 4.78 is 31.3. The molecule has 2 aliphatic rings. The van der Waals surface area contributed by atoms with Gasteiger partial charge in [-0.05, 0) is 26.2 Å². The van der Waals surface area contributed by atoms with Crippen LogP contribution in [0.4, 0.5) is 0 Å². The van der Waals surface area contributed by atoms with Crippen LogP contribution < -0.4 is 10.6 Å². The molecule has 1 saturated carbocycles. The first-order chi connectivity index (χ1) is 14.0. The van der Waals surface area contributed by atoms with Crippen LogP contribution in [0.25, 0.3) is 0 Å². The number of hydrogen-bond acceptors (Lipinski definition) is 6. The summed E-state index contributed by atoms with van der Waals surface area (Å²) >= 11 is 0. The molecule has 2 N–H and O–H groups in total. The summed E-state index contributed by atoms with van der Waals surface area (Å²) in [6.07, 6.45) is 4.73. The topological polar surface area (TPSA) is 120 Å². The van der Waals surface area contributed by atoms with Gasteiger partial charge in [0, 0.05) is 57.8 Å². The number of rotatable bonds is 9. The van der Waals surface area contributed by atoms with E-state index in [1.165, 1.54) is 10.6 Å². The van der Waals surface area contributed by atoms with E-state index >= 15 is 0 Å². The lowest BCUT2D eigenvalue weighted by atomic mass is 10.3. The lowest BCUT2D eigenvalue weighted by Crippen LogP contribution is -2.53. The fourth-order valence-corrected chi connectivity index (χ4v) is 4.57. The molecule has 10 nitrogen and oxygen atoms in total. The fourth-order valence-electron chi connectivity index (χ4n) is 3.15. The Morgan fingerprint density at radius 1 is 1.31 bits per heavy atom. The van der Waals surface area contributed by atoms with E-state index in [4.69, 9.17) is 4.52 Å². The highest BCUT2D eigenvalue weighted by Crippen LogP contribution is 2.18. The number of carbonyl (C=O) groups excluding carboxylic acids is 1. The maximum Gasteiger partial charge on any atom is 0.220 e. The Morgan fingerprint density at radius 3 is 2.69 bits per heavy atom. The van der Waals surface area contributed by atoms with Crippen LogP contribution in [-0.4, -0.2) is 80.0 Å². The number of amides is 1. The maximum atomic E-state index is 12.6. The molecule has 0 aromatic carbocycles. The number of aliphatic imine (C=N–C) groups is 1. The van der Waals surface area contributed by atoms with Crippen LogP contribution in [0.1, 0.15) is 38.3 Å². The normalized spacial score (nSPS) is 18.7. The van der Waals surface area contributed by atoms with Crippen molar-refractivity contribution in [2.45, 2.75) is 44.4 Å². The van der Waals surface area contributed by atoms with Gasteiger partial charge in [0.2, 0.25) is 15.9 Å². The molecule has 0 unspecified atom stereocenters. The third-order valence-corrected chi connectivity index (χ3v) is 6.67. The van der Waals surface area contributed by atoms with Crippen molar-refractivity contribution in [1.82, 2.24) is 25.0 Å². The molecule has 1 amide bonds. The van der Waals surface area contributed by atoms with Crippen molar-refractivity contribution in [1.29, 1.82) is 0 Å². The highest BCUT2D eigenvalue weighted by Gasteiger charge is 2.29. The Balaban J connectivity index is 1.46. The van der Waals surface area contributed by atoms with E-state index in [9.17, 15) is 13.2 Å². The first-order valence-corrected chi connectivity index (χ1v) is 11.8. The Morgan fingerprint density at radius 2 is 2.07 bits per heavy atom. The second-order valence-electron chi connectivity index (χ2n) is 7.31. The Bertz CT molecular complexity index is 783. The van der Waals surface area contributed by atoms with E-state index in [1.54, 1.807) is 6.07 Å². The van der Waals surface area contributed by atoms with Crippen LogP contribution in [0.3, 0.4) is 0 Å². The summed E-state index contributed by atoms with van der Waals surface area (Å²) in [4.78, 5) is 18.4. The molecule has 0 atom stereocenters. The van der Waals surface area contributed by atoms with Gasteiger partial charge >= 0.3 is 0 Å². The fraction of sp³-hybridized carbons (Fsp3) is 0.722. The van der Waals surface area contributed by atoms with Crippen LogP contribution in [0, 0.1) is 0 Å². The lowest BCUT2D eigenvalue weighted by Gasteiger charge is -2.35. The predicted octanol–water partition coefficient (Wildman–Crippen LogP) is 0.146. The van der Waals surface area contributed by atoms with Crippen molar-refractivity contribution < 1.29 is 17.7 Å². The van der Waals surface area contributed by atoms with E-state index in [0.717, 1.165) is 25.3 Å². The average Bonchev–Trinajstić information content (AvgIpc) is 3.37. The standard InChI is InChI=1S/C18H30N6O4S/c1-2-19-18(20-8-3-4-17(25)21-15-5-6-15)23-9-11-24(12-10-23)29(26,27)14-16-7-13-28-22-16/h7,13,15H,2-6,8-12,14H2,1H3,(H,19,20)(H,21,25). The first-order valence-electron chi connectivity index (χ1n) is 10.2. The number of aromatic nitrogens is 1. The summed E-state index contributed by atoms with van der Waals surface area (Å²) in [5.41, 5.74) is 0.410. The average molecular weight is 427 g/mol. The molecular weight excluding hydrogens is 396 g/mol. The van der Waals surface area contributed by atoms with Crippen molar-refractivity contribution in [3.05, 3.63) is 18.0 Å². The summed E-state index contributed by atoms with van der Waals surface area (Å²) in [5.74, 6) is 0.711. The van der Waals surface area contributed by atoms with Gasteiger partial charge in [0.25, 0.3) is 0 Å². The Hall–Kier alpha value is -2.14. The molecule has 2 heterocycles. The van der Waals surface area contributed by atoms with Gasteiger partial charge in [-0.2, -0.15) is 4.31 Å². The summed E-state index contributed by atoms with van der Waals surface area (Å²) in [5, 5.41) is 9.92. The molecule has 1 aliphatic carbocycles. The monoisotopic (exact) mass is 426 g/mol. The molecule has 11 heteroatoms. The molecule has 0 bridgehead atoms. The van der Waals surface area contributed by atoms with Crippen LogP contribution in [-0.2, 0) is 20.6 Å². The quantitative estimate of drug-likeness (QED) is 0.327. The van der Waals surface area contributed by atoms with E-state index in [-0.39, 0.29) is 11.7 Å². The summed E-state index contributed by atoms with van der Waals surface area (Å²) in [6, 6.07) is 1.95. The van der Waals surface area contributed by atoms with Gasteiger partial charge in [0.15, 0.2) is 5.96 Å². The molecule has 1 saturated heterocycles.